The molecule has 0 aromatic carbocycles. The topological polar surface area (TPSA) is 47.6 Å². The third kappa shape index (κ3) is 8.37. The first-order valence-electron chi connectivity index (χ1n) is 6.82. The third-order valence-corrected chi connectivity index (χ3v) is 2.77. The Balaban J connectivity index is 4.19. The van der Waals surface area contributed by atoms with Gasteiger partial charge in [0, 0.05) is 6.61 Å². The molecule has 20 heavy (non-hydrogen) atoms. The number of halogens is 3. The van der Waals surface area contributed by atoms with Gasteiger partial charge in [0.15, 0.2) is 0 Å². The molecule has 0 aliphatic heterocycles. The summed E-state index contributed by atoms with van der Waals surface area (Å²) in [6.07, 6.45) is -4.09. The summed E-state index contributed by atoms with van der Waals surface area (Å²) in [4.78, 5) is 11.9. The Morgan fingerprint density at radius 1 is 1.15 bits per heavy atom. The SMILES string of the molecule is CCCNC(C)(CCOCCC(F)(F)F)C(=O)OCC. The van der Waals surface area contributed by atoms with Crippen LogP contribution < -0.4 is 5.32 Å². The zero-order valence-corrected chi connectivity index (χ0v) is 12.3. The molecule has 7 heteroatoms. The van der Waals surface area contributed by atoms with Crippen LogP contribution in [0.5, 0.6) is 0 Å². The van der Waals surface area contributed by atoms with Crippen LogP contribution in [0.2, 0.25) is 0 Å². The second kappa shape index (κ2) is 9.18. The van der Waals surface area contributed by atoms with Gasteiger partial charge in [-0.25, -0.2) is 0 Å². The van der Waals surface area contributed by atoms with Crippen LogP contribution in [-0.2, 0) is 14.3 Å². The van der Waals surface area contributed by atoms with E-state index >= 15 is 0 Å². The molecule has 1 atom stereocenters. The van der Waals surface area contributed by atoms with Crippen LogP contribution in [0.25, 0.3) is 0 Å². The standard InChI is InChI=1S/C13H24F3NO3/c1-4-8-17-12(3,11(18)20-5-2)6-9-19-10-7-13(14,15)16/h17H,4-10H2,1-3H3. The molecular formula is C13H24F3NO3. The number of hydrogen-bond donors (Lipinski definition) is 1. The van der Waals surface area contributed by atoms with Crippen molar-refractivity contribution in [3.63, 3.8) is 0 Å². The smallest absolute Gasteiger partial charge is 0.391 e. The maximum absolute atomic E-state index is 11.9. The molecule has 0 saturated heterocycles. The molecule has 0 saturated carbocycles. The first kappa shape index (κ1) is 19.2. The molecule has 1 N–H and O–H groups in total. The summed E-state index contributed by atoms with van der Waals surface area (Å²) in [6, 6.07) is 0. The first-order chi connectivity index (χ1) is 9.25. The van der Waals surface area contributed by atoms with Gasteiger partial charge in [0.2, 0.25) is 0 Å². The minimum Gasteiger partial charge on any atom is -0.465 e. The van der Waals surface area contributed by atoms with Gasteiger partial charge in [-0.15, -0.1) is 0 Å². The second-order valence-electron chi connectivity index (χ2n) is 4.71. The Morgan fingerprint density at radius 3 is 2.25 bits per heavy atom. The van der Waals surface area contributed by atoms with Crippen molar-refractivity contribution in [2.45, 2.75) is 51.7 Å². The van der Waals surface area contributed by atoms with Crippen LogP contribution in [-0.4, -0.2) is 44.0 Å². The van der Waals surface area contributed by atoms with E-state index in [1.54, 1.807) is 13.8 Å². The first-order valence-corrected chi connectivity index (χ1v) is 6.82. The van der Waals surface area contributed by atoms with E-state index in [1.807, 2.05) is 6.92 Å². The molecule has 1 unspecified atom stereocenters. The van der Waals surface area contributed by atoms with Gasteiger partial charge >= 0.3 is 12.1 Å². The average molecular weight is 299 g/mol. The van der Waals surface area contributed by atoms with Crippen molar-refractivity contribution in [3.8, 4) is 0 Å². The molecule has 0 rings (SSSR count). The Morgan fingerprint density at radius 2 is 1.75 bits per heavy atom. The van der Waals surface area contributed by atoms with Crippen LogP contribution in [0.15, 0.2) is 0 Å². The van der Waals surface area contributed by atoms with Crippen LogP contribution >= 0.6 is 0 Å². The van der Waals surface area contributed by atoms with Crippen molar-refractivity contribution in [2.24, 2.45) is 0 Å². The van der Waals surface area contributed by atoms with E-state index in [1.165, 1.54) is 0 Å². The lowest BCUT2D eigenvalue weighted by atomic mass is 9.98. The lowest BCUT2D eigenvalue weighted by Gasteiger charge is -2.28. The minimum atomic E-state index is -4.22. The highest BCUT2D eigenvalue weighted by molar-refractivity contribution is 5.80. The van der Waals surface area contributed by atoms with Gasteiger partial charge in [-0.3, -0.25) is 4.79 Å². The van der Waals surface area contributed by atoms with Gasteiger partial charge in [-0.1, -0.05) is 6.92 Å². The fourth-order valence-electron chi connectivity index (χ4n) is 1.52. The highest BCUT2D eigenvalue weighted by atomic mass is 19.4. The van der Waals surface area contributed by atoms with Gasteiger partial charge < -0.3 is 14.8 Å². The molecule has 0 heterocycles. The van der Waals surface area contributed by atoms with Gasteiger partial charge in [-0.05, 0) is 33.2 Å². The number of nitrogens with one attached hydrogen (secondary N) is 1. The van der Waals surface area contributed by atoms with E-state index in [0.717, 1.165) is 6.42 Å². The Labute approximate surface area is 118 Å². The minimum absolute atomic E-state index is 0.0715. The van der Waals surface area contributed by atoms with E-state index in [2.05, 4.69) is 5.32 Å². The highest BCUT2D eigenvalue weighted by Gasteiger charge is 2.34. The van der Waals surface area contributed by atoms with Crippen molar-refractivity contribution in [1.29, 1.82) is 0 Å². The van der Waals surface area contributed by atoms with Crippen molar-refractivity contribution < 1.29 is 27.4 Å². The van der Waals surface area contributed by atoms with Gasteiger partial charge in [-0.2, -0.15) is 13.2 Å². The zero-order valence-electron chi connectivity index (χ0n) is 12.3. The molecule has 0 bridgehead atoms. The Hall–Kier alpha value is -0.820. The summed E-state index contributed by atoms with van der Waals surface area (Å²) in [5, 5.41) is 3.06. The van der Waals surface area contributed by atoms with Crippen LogP contribution in [0, 0.1) is 0 Å². The Bertz CT molecular complexity index is 285. The van der Waals surface area contributed by atoms with E-state index in [4.69, 9.17) is 9.47 Å². The molecule has 0 spiro atoms. The highest BCUT2D eigenvalue weighted by Crippen LogP contribution is 2.19. The number of rotatable bonds is 10. The van der Waals surface area contributed by atoms with Gasteiger partial charge in [0.05, 0.1) is 19.6 Å². The summed E-state index contributed by atoms with van der Waals surface area (Å²) < 4.78 is 45.8. The average Bonchev–Trinajstić information content (AvgIpc) is 2.35. The van der Waals surface area contributed by atoms with Crippen LogP contribution in [0.3, 0.4) is 0 Å². The molecular weight excluding hydrogens is 275 g/mol. The summed E-state index contributed by atoms with van der Waals surface area (Å²) in [7, 11) is 0. The molecule has 0 amide bonds. The molecule has 0 aliphatic carbocycles. The lowest BCUT2D eigenvalue weighted by molar-refractivity contribution is -0.153. The Kier molecular flexibility index (Phi) is 8.80. The predicted octanol–water partition coefficient (Wildman–Crippen LogP) is 2.67. The number of carbonyl (C=O) groups is 1. The number of ether oxygens (including phenoxy) is 2. The van der Waals surface area contributed by atoms with E-state index in [9.17, 15) is 18.0 Å². The maximum Gasteiger partial charge on any atom is 0.391 e. The number of carbonyl (C=O) groups excluding carboxylic acids is 1. The zero-order chi connectivity index (χ0) is 15.6. The predicted molar refractivity (Wildman–Crippen MR) is 69.4 cm³/mol. The number of alkyl halides is 3. The quantitative estimate of drug-likeness (QED) is 0.498. The van der Waals surface area contributed by atoms with Crippen molar-refractivity contribution in [2.75, 3.05) is 26.4 Å². The molecule has 0 aromatic rings. The monoisotopic (exact) mass is 299 g/mol. The van der Waals surface area contributed by atoms with E-state index in [-0.39, 0.29) is 19.6 Å². The molecule has 0 fully saturated rings. The van der Waals surface area contributed by atoms with Crippen LogP contribution in [0.1, 0.15) is 40.0 Å². The number of esters is 1. The molecule has 120 valence electrons. The van der Waals surface area contributed by atoms with E-state index < -0.39 is 30.7 Å². The molecule has 0 aromatic heterocycles. The summed E-state index contributed by atoms with van der Waals surface area (Å²) in [5.74, 6) is -0.409. The lowest BCUT2D eigenvalue weighted by Crippen LogP contribution is -2.51. The van der Waals surface area contributed by atoms with E-state index in [0.29, 0.717) is 6.54 Å². The van der Waals surface area contributed by atoms with Crippen molar-refractivity contribution in [3.05, 3.63) is 0 Å². The summed E-state index contributed by atoms with van der Waals surface area (Å²) in [5.41, 5.74) is -0.926. The number of hydrogen-bond acceptors (Lipinski definition) is 4. The fourth-order valence-corrected chi connectivity index (χ4v) is 1.52. The van der Waals surface area contributed by atoms with Crippen molar-refractivity contribution >= 4 is 5.97 Å². The summed E-state index contributed by atoms with van der Waals surface area (Å²) in [6.45, 7) is 5.90. The van der Waals surface area contributed by atoms with Gasteiger partial charge in [0.25, 0.3) is 0 Å². The molecule has 4 nitrogen and oxygen atoms in total. The van der Waals surface area contributed by atoms with Crippen LogP contribution in [0.4, 0.5) is 13.2 Å². The van der Waals surface area contributed by atoms with Crippen molar-refractivity contribution in [1.82, 2.24) is 5.32 Å². The normalized spacial score (nSPS) is 14.9. The summed E-state index contributed by atoms with van der Waals surface area (Å²) >= 11 is 0. The van der Waals surface area contributed by atoms with Gasteiger partial charge in [0.1, 0.15) is 5.54 Å². The maximum atomic E-state index is 11.9. The second-order valence-corrected chi connectivity index (χ2v) is 4.71. The molecule has 0 radical (unpaired) electrons. The largest absolute Gasteiger partial charge is 0.465 e. The molecule has 0 aliphatic rings. The fraction of sp³-hybridized carbons (Fsp3) is 0.923. The third-order valence-electron chi connectivity index (χ3n) is 2.77.